The van der Waals surface area contributed by atoms with Crippen LogP contribution < -0.4 is 5.32 Å². The van der Waals surface area contributed by atoms with Gasteiger partial charge in [-0.3, -0.25) is 14.9 Å². The first-order chi connectivity index (χ1) is 13.4. The van der Waals surface area contributed by atoms with Crippen LogP contribution in [0.4, 0.5) is 10.7 Å². The summed E-state index contributed by atoms with van der Waals surface area (Å²) in [4.78, 5) is 37.0. The first kappa shape index (κ1) is 20.0. The van der Waals surface area contributed by atoms with Crippen LogP contribution in [0.5, 0.6) is 0 Å². The Hall–Kier alpha value is -2.74. The molecule has 7 nitrogen and oxygen atoms in total. The van der Waals surface area contributed by atoms with Gasteiger partial charge in [-0.05, 0) is 51.2 Å². The average molecular weight is 402 g/mol. The molecule has 1 amide bonds. The van der Waals surface area contributed by atoms with E-state index >= 15 is 0 Å². The van der Waals surface area contributed by atoms with E-state index in [2.05, 4.69) is 5.32 Å². The number of fused-ring (bicyclic) bond motifs is 1. The van der Waals surface area contributed by atoms with Crippen LogP contribution in [0, 0.1) is 17.0 Å². The number of nitrogens with zero attached hydrogens (tertiary/aromatic N) is 1. The minimum absolute atomic E-state index is 0.111. The van der Waals surface area contributed by atoms with Crippen LogP contribution >= 0.6 is 11.3 Å². The maximum Gasteiger partial charge on any atom is 0.341 e. The first-order valence-corrected chi connectivity index (χ1v) is 10.1. The Bertz CT molecular complexity index is 935. The number of hydrogen-bond donors (Lipinski definition) is 1. The Balaban J connectivity index is 1.95. The molecule has 0 atom stereocenters. The van der Waals surface area contributed by atoms with Crippen LogP contribution in [0.25, 0.3) is 0 Å². The number of carbonyl (C=O) groups is 2. The third-order valence-electron chi connectivity index (χ3n) is 4.80. The van der Waals surface area contributed by atoms with Crippen molar-refractivity contribution in [3.05, 3.63) is 55.4 Å². The van der Waals surface area contributed by atoms with Gasteiger partial charge in [-0.15, -0.1) is 11.3 Å². The summed E-state index contributed by atoms with van der Waals surface area (Å²) in [5.74, 6) is -0.919. The van der Waals surface area contributed by atoms with Gasteiger partial charge in [-0.2, -0.15) is 0 Å². The Labute approximate surface area is 166 Å². The molecule has 0 bridgehead atoms. The SMILES string of the molecule is CCOC(=O)c1c(NC(=O)c2ccc(C)c([N+](=O)[O-])c2)sc2c1CCCCC2. The molecule has 0 radical (unpaired) electrons. The lowest BCUT2D eigenvalue weighted by atomic mass is 10.1. The fraction of sp³-hybridized carbons (Fsp3) is 0.400. The second-order valence-corrected chi connectivity index (χ2v) is 7.81. The fourth-order valence-corrected chi connectivity index (χ4v) is 4.64. The molecule has 8 heteroatoms. The highest BCUT2D eigenvalue weighted by Crippen LogP contribution is 2.38. The predicted octanol–water partition coefficient (Wildman–Crippen LogP) is 4.66. The molecule has 0 spiro atoms. The van der Waals surface area contributed by atoms with Gasteiger partial charge >= 0.3 is 5.97 Å². The maximum atomic E-state index is 12.7. The molecule has 1 aliphatic carbocycles. The van der Waals surface area contributed by atoms with E-state index < -0.39 is 16.8 Å². The molecule has 0 saturated heterocycles. The number of carbonyl (C=O) groups excluding carboxylic acids is 2. The maximum absolute atomic E-state index is 12.7. The standard InChI is InChI=1S/C20H22N2O5S/c1-3-27-20(24)17-14-7-5-4-6-8-16(14)28-19(17)21-18(23)13-10-9-12(2)15(11-13)22(25)26/h9-11H,3-8H2,1-2H3,(H,21,23). The van der Waals surface area contributed by atoms with Gasteiger partial charge in [0.05, 0.1) is 17.1 Å². The molecule has 1 N–H and O–H groups in total. The number of nitrogens with one attached hydrogen (secondary N) is 1. The average Bonchev–Trinajstić information content (AvgIpc) is 2.82. The van der Waals surface area contributed by atoms with Crippen LogP contribution in [0.3, 0.4) is 0 Å². The summed E-state index contributed by atoms with van der Waals surface area (Å²) in [5.41, 5.74) is 1.94. The molecule has 3 rings (SSSR count). The molecule has 1 aromatic carbocycles. The van der Waals surface area contributed by atoms with Crippen molar-refractivity contribution in [2.75, 3.05) is 11.9 Å². The van der Waals surface area contributed by atoms with Crippen molar-refractivity contribution in [1.82, 2.24) is 0 Å². The van der Waals surface area contributed by atoms with Crippen molar-refractivity contribution in [2.24, 2.45) is 0 Å². The van der Waals surface area contributed by atoms with Crippen molar-refractivity contribution in [3.63, 3.8) is 0 Å². The number of benzene rings is 1. The van der Waals surface area contributed by atoms with Crippen LogP contribution in [-0.2, 0) is 17.6 Å². The highest BCUT2D eigenvalue weighted by Gasteiger charge is 2.27. The van der Waals surface area contributed by atoms with Crippen molar-refractivity contribution >= 4 is 33.9 Å². The summed E-state index contributed by atoms with van der Waals surface area (Å²) in [6.45, 7) is 3.61. The molecule has 28 heavy (non-hydrogen) atoms. The number of thiophene rings is 1. The van der Waals surface area contributed by atoms with E-state index in [1.54, 1.807) is 26.0 Å². The third-order valence-corrected chi connectivity index (χ3v) is 6.00. The molecule has 0 aliphatic heterocycles. The minimum atomic E-state index is -0.510. The number of aryl methyl sites for hydroxylation is 2. The van der Waals surface area contributed by atoms with Gasteiger partial charge in [0.25, 0.3) is 11.6 Å². The van der Waals surface area contributed by atoms with Gasteiger partial charge in [-0.1, -0.05) is 12.5 Å². The molecule has 1 aromatic heterocycles. The number of esters is 1. The number of nitro benzene ring substituents is 1. The van der Waals surface area contributed by atoms with Crippen LogP contribution in [0.15, 0.2) is 18.2 Å². The molecule has 148 valence electrons. The second kappa shape index (κ2) is 8.52. The van der Waals surface area contributed by atoms with E-state index in [0.29, 0.717) is 16.1 Å². The lowest BCUT2D eigenvalue weighted by Crippen LogP contribution is -2.15. The molecule has 2 aromatic rings. The summed E-state index contributed by atoms with van der Waals surface area (Å²) in [6, 6.07) is 4.34. The van der Waals surface area contributed by atoms with Crippen molar-refractivity contribution < 1.29 is 19.2 Å². The molecule has 1 heterocycles. The van der Waals surface area contributed by atoms with E-state index in [1.165, 1.54) is 17.4 Å². The van der Waals surface area contributed by atoms with E-state index in [0.717, 1.165) is 42.5 Å². The van der Waals surface area contributed by atoms with Crippen LogP contribution in [0.1, 0.15) is 62.9 Å². The molecule has 0 saturated carbocycles. The number of nitro groups is 1. The molecular weight excluding hydrogens is 380 g/mol. The highest BCUT2D eigenvalue weighted by molar-refractivity contribution is 7.17. The Kier molecular flexibility index (Phi) is 6.08. The van der Waals surface area contributed by atoms with Gasteiger partial charge in [-0.25, -0.2) is 4.79 Å². The first-order valence-electron chi connectivity index (χ1n) is 9.30. The predicted molar refractivity (Wildman–Crippen MR) is 107 cm³/mol. The number of hydrogen-bond acceptors (Lipinski definition) is 6. The van der Waals surface area contributed by atoms with Crippen molar-refractivity contribution in [2.45, 2.75) is 46.0 Å². The number of ether oxygens (including phenoxy) is 1. The summed E-state index contributed by atoms with van der Waals surface area (Å²) < 4.78 is 5.21. The summed E-state index contributed by atoms with van der Waals surface area (Å²) in [5, 5.41) is 14.4. The van der Waals surface area contributed by atoms with Gasteiger partial charge in [0.2, 0.25) is 0 Å². The smallest absolute Gasteiger partial charge is 0.341 e. The minimum Gasteiger partial charge on any atom is -0.462 e. The van der Waals surface area contributed by atoms with Gasteiger partial charge in [0.15, 0.2) is 0 Å². The Morgan fingerprint density at radius 2 is 2.00 bits per heavy atom. The number of rotatable bonds is 5. The van der Waals surface area contributed by atoms with E-state index in [9.17, 15) is 19.7 Å². The molecular formula is C20H22N2O5S. The number of amides is 1. The summed E-state index contributed by atoms with van der Waals surface area (Å²) in [6.07, 6.45) is 4.81. The van der Waals surface area contributed by atoms with Gasteiger partial charge < -0.3 is 10.1 Å². The second-order valence-electron chi connectivity index (χ2n) is 6.70. The molecule has 0 unspecified atom stereocenters. The van der Waals surface area contributed by atoms with Crippen molar-refractivity contribution in [1.29, 1.82) is 0 Å². The van der Waals surface area contributed by atoms with Crippen LogP contribution in [0.2, 0.25) is 0 Å². The fourth-order valence-electron chi connectivity index (χ4n) is 3.37. The Morgan fingerprint density at radius 3 is 2.71 bits per heavy atom. The topological polar surface area (TPSA) is 98.5 Å². The van der Waals surface area contributed by atoms with Gasteiger partial charge in [0.1, 0.15) is 5.00 Å². The normalized spacial score (nSPS) is 13.4. The Morgan fingerprint density at radius 1 is 1.25 bits per heavy atom. The highest BCUT2D eigenvalue weighted by atomic mass is 32.1. The van der Waals surface area contributed by atoms with E-state index in [4.69, 9.17) is 4.74 Å². The van der Waals surface area contributed by atoms with E-state index in [1.807, 2.05) is 0 Å². The quantitative estimate of drug-likeness (QED) is 0.339. The summed E-state index contributed by atoms with van der Waals surface area (Å²) in [7, 11) is 0. The lowest BCUT2D eigenvalue weighted by Gasteiger charge is -2.09. The van der Waals surface area contributed by atoms with E-state index in [-0.39, 0.29) is 17.9 Å². The third kappa shape index (κ3) is 4.06. The monoisotopic (exact) mass is 402 g/mol. The zero-order chi connectivity index (χ0) is 20.3. The zero-order valence-corrected chi connectivity index (χ0v) is 16.7. The molecule has 0 fully saturated rings. The van der Waals surface area contributed by atoms with Crippen molar-refractivity contribution in [3.8, 4) is 0 Å². The number of anilines is 1. The summed E-state index contributed by atoms with van der Waals surface area (Å²) >= 11 is 1.40. The zero-order valence-electron chi connectivity index (χ0n) is 15.9. The van der Waals surface area contributed by atoms with Gasteiger partial charge in [0, 0.05) is 22.1 Å². The molecule has 1 aliphatic rings. The lowest BCUT2D eigenvalue weighted by molar-refractivity contribution is -0.385. The van der Waals surface area contributed by atoms with Crippen LogP contribution in [-0.4, -0.2) is 23.4 Å². The largest absolute Gasteiger partial charge is 0.462 e.